The summed E-state index contributed by atoms with van der Waals surface area (Å²) < 4.78 is 8.84. The molecule has 0 spiro atoms. The fourth-order valence-electron chi connectivity index (χ4n) is 3.61. The standard InChI is InChI=1S/C24H35BrN2O4/c1-8-9-12-31-19-17-13-15(25)10-11-16(17)21(28)27(14-23(2,3)4)18(19)20(24(5,6)7)26-22(29)30/h10-11,13,20,26H,8-9,12,14H2,1-7H3,(H,29,30). The molecule has 172 valence electrons. The summed E-state index contributed by atoms with van der Waals surface area (Å²) in [6, 6.07) is 4.88. The van der Waals surface area contributed by atoms with Gasteiger partial charge in [0, 0.05) is 16.4 Å². The molecule has 0 saturated carbocycles. The lowest BCUT2D eigenvalue weighted by Gasteiger charge is -2.35. The van der Waals surface area contributed by atoms with Crippen molar-refractivity contribution >= 4 is 32.8 Å². The van der Waals surface area contributed by atoms with Crippen LogP contribution >= 0.6 is 15.9 Å². The van der Waals surface area contributed by atoms with Crippen LogP contribution in [0, 0.1) is 10.8 Å². The average Bonchev–Trinajstić information content (AvgIpc) is 2.61. The maximum absolute atomic E-state index is 13.7. The van der Waals surface area contributed by atoms with Crippen LogP contribution in [0.4, 0.5) is 4.79 Å². The molecule has 1 aromatic carbocycles. The minimum absolute atomic E-state index is 0.142. The van der Waals surface area contributed by atoms with E-state index in [1.165, 1.54) is 0 Å². The number of rotatable bonds is 7. The second-order valence-electron chi connectivity index (χ2n) is 10.3. The third-order valence-corrected chi connectivity index (χ3v) is 5.50. The lowest BCUT2D eigenvalue weighted by Crippen LogP contribution is -2.41. The van der Waals surface area contributed by atoms with Gasteiger partial charge in [-0.1, -0.05) is 70.8 Å². The first-order valence-electron chi connectivity index (χ1n) is 10.7. The zero-order valence-electron chi connectivity index (χ0n) is 19.6. The second-order valence-corrected chi connectivity index (χ2v) is 11.2. The number of unbranched alkanes of at least 4 members (excludes halogenated alkanes) is 1. The number of hydrogen-bond donors (Lipinski definition) is 2. The fourth-order valence-corrected chi connectivity index (χ4v) is 3.97. The fraction of sp³-hybridized carbons (Fsp3) is 0.583. The number of amides is 1. The van der Waals surface area contributed by atoms with Crippen LogP contribution in [0.1, 0.15) is 73.0 Å². The molecule has 1 aromatic heterocycles. The molecule has 31 heavy (non-hydrogen) atoms. The number of benzene rings is 1. The SMILES string of the molecule is CCCCOc1c(C(NC(=O)O)C(C)(C)C)n(CC(C)(C)C)c(=O)c2ccc(Br)cc12. The normalized spacial score (nSPS) is 13.3. The first kappa shape index (κ1) is 25.2. The van der Waals surface area contributed by atoms with Gasteiger partial charge in [0.15, 0.2) is 0 Å². The van der Waals surface area contributed by atoms with Crippen LogP contribution in [-0.4, -0.2) is 22.4 Å². The van der Waals surface area contributed by atoms with Crippen molar-refractivity contribution in [3.63, 3.8) is 0 Å². The monoisotopic (exact) mass is 494 g/mol. The first-order valence-corrected chi connectivity index (χ1v) is 11.5. The van der Waals surface area contributed by atoms with E-state index in [4.69, 9.17) is 4.74 Å². The van der Waals surface area contributed by atoms with Crippen LogP contribution in [0.3, 0.4) is 0 Å². The van der Waals surface area contributed by atoms with Crippen molar-refractivity contribution in [3.05, 3.63) is 38.7 Å². The summed E-state index contributed by atoms with van der Waals surface area (Å²) in [6.07, 6.45) is 0.692. The summed E-state index contributed by atoms with van der Waals surface area (Å²) in [5, 5.41) is 13.5. The van der Waals surface area contributed by atoms with E-state index in [1.807, 2.05) is 32.9 Å². The first-order chi connectivity index (χ1) is 14.3. The maximum Gasteiger partial charge on any atom is 0.405 e. The van der Waals surface area contributed by atoms with Crippen LogP contribution in [0.25, 0.3) is 10.8 Å². The van der Waals surface area contributed by atoms with Gasteiger partial charge in [0.2, 0.25) is 0 Å². The van der Waals surface area contributed by atoms with Crippen molar-refractivity contribution in [1.82, 2.24) is 9.88 Å². The van der Waals surface area contributed by atoms with E-state index >= 15 is 0 Å². The topological polar surface area (TPSA) is 80.6 Å². The maximum atomic E-state index is 13.7. The number of nitrogens with one attached hydrogen (secondary N) is 1. The molecule has 0 bridgehead atoms. The van der Waals surface area contributed by atoms with Crippen LogP contribution < -0.4 is 15.6 Å². The minimum atomic E-state index is -1.14. The molecule has 2 aromatic rings. The highest BCUT2D eigenvalue weighted by Gasteiger charge is 2.35. The van der Waals surface area contributed by atoms with Gasteiger partial charge in [-0.3, -0.25) is 4.79 Å². The largest absolute Gasteiger partial charge is 0.491 e. The molecule has 2 N–H and O–H groups in total. The predicted molar refractivity (Wildman–Crippen MR) is 129 cm³/mol. The Balaban J connectivity index is 3.00. The smallest absolute Gasteiger partial charge is 0.405 e. The summed E-state index contributed by atoms with van der Waals surface area (Å²) in [4.78, 5) is 25.4. The number of aromatic nitrogens is 1. The molecule has 0 aliphatic heterocycles. The molecule has 0 aliphatic rings. The van der Waals surface area contributed by atoms with Crippen LogP contribution in [0.15, 0.2) is 27.5 Å². The van der Waals surface area contributed by atoms with Gasteiger partial charge in [0.05, 0.1) is 23.7 Å². The van der Waals surface area contributed by atoms with E-state index < -0.39 is 17.6 Å². The van der Waals surface area contributed by atoms with E-state index in [2.05, 4.69) is 48.9 Å². The number of fused-ring (bicyclic) bond motifs is 1. The molecule has 0 radical (unpaired) electrons. The Morgan fingerprint density at radius 2 is 1.84 bits per heavy atom. The Bertz CT molecular complexity index is 1000. The lowest BCUT2D eigenvalue weighted by molar-refractivity contribution is 0.169. The molecule has 0 aliphatic carbocycles. The molecule has 1 amide bonds. The lowest BCUT2D eigenvalue weighted by atomic mass is 9.83. The molecule has 1 heterocycles. The van der Waals surface area contributed by atoms with E-state index in [0.29, 0.717) is 35.4 Å². The average molecular weight is 495 g/mol. The summed E-state index contributed by atoms with van der Waals surface area (Å²) in [5.74, 6) is 0.572. The van der Waals surface area contributed by atoms with E-state index in [9.17, 15) is 14.7 Å². The molecule has 2 rings (SSSR count). The highest BCUT2D eigenvalue weighted by molar-refractivity contribution is 9.10. The van der Waals surface area contributed by atoms with Gasteiger partial charge in [0.1, 0.15) is 5.75 Å². The number of carbonyl (C=O) groups is 1. The molecule has 6 nitrogen and oxygen atoms in total. The van der Waals surface area contributed by atoms with Gasteiger partial charge in [-0.25, -0.2) is 4.79 Å². The summed E-state index contributed by atoms with van der Waals surface area (Å²) in [7, 11) is 0. The highest BCUT2D eigenvalue weighted by Crippen LogP contribution is 2.41. The molecule has 7 heteroatoms. The second kappa shape index (κ2) is 9.63. The molecule has 0 fully saturated rings. The van der Waals surface area contributed by atoms with E-state index in [1.54, 1.807) is 10.6 Å². The van der Waals surface area contributed by atoms with Crippen molar-refractivity contribution in [1.29, 1.82) is 0 Å². The van der Waals surface area contributed by atoms with Gasteiger partial charge in [0.25, 0.3) is 5.56 Å². The Hall–Kier alpha value is -2.02. The summed E-state index contributed by atoms with van der Waals surface area (Å²) in [6.45, 7) is 15.1. The Labute approximate surface area is 193 Å². The van der Waals surface area contributed by atoms with E-state index in [-0.39, 0.29) is 11.0 Å². The third kappa shape index (κ3) is 6.25. The van der Waals surface area contributed by atoms with Crippen LogP contribution in [0.2, 0.25) is 0 Å². The van der Waals surface area contributed by atoms with Crippen LogP contribution in [-0.2, 0) is 6.54 Å². The van der Waals surface area contributed by atoms with Crippen molar-refractivity contribution in [2.24, 2.45) is 10.8 Å². The van der Waals surface area contributed by atoms with Gasteiger partial charge in [-0.15, -0.1) is 0 Å². The van der Waals surface area contributed by atoms with Gasteiger partial charge in [-0.2, -0.15) is 0 Å². The zero-order valence-corrected chi connectivity index (χ0v) is 21.2. The molecular weight excluding hydrogens is 460 g/mol. The highest BCUT2D eigenvalue weighted by atomic mass is 79.9. The van der Waals surface area contributed by atoms with Crippen molar-refractivity contribution in [3.8, 4) is 5.75 Å². The van der Waals surface area contributed by atoms with E-state index in [0.717, 1.165) is 17.3 Å². The van der Waals surface area contributed by atoms with Gasteiger partial charge in [-0.05, 0) is 35.4 Å². The minimum Gasteiger partial charge on any atom is -0.491 e. The summed E-state index contributed by atoms with van der Waals surface area (Å²) in [5.41, 5.74) is -0.255. The number of halogens is 1. The predicted octanol–water partition coefficient (Wildman–Crippen LogP) is 6.34. The zero-order chi connectivity index (χ0) is 23.6. The Kier molecular flexibility index (Phi) is 7.84. The number of pyridine rings is 1. The Morgan fingerprint density at radius 1 is 1.19 bits per heavy atom. The molecule has 0 saturated heterocycles. The molecule has 1 unspecified atom stereocenters. The van der Waals surface area contributed by atoms with Crippen molar-refractivity contribution in [2.45, 2.75) is 73.9 Å². The molecular formula is C24H35BrN2O4. The number of ether oxygens (including phenoxy) is 1. The molecule has 1 atom stereocenters. The van der Waals surface area contributed by atoms with Gasteiger partial charge < -0.3 is 19.7 Å². The Morgan fingerprint density at radius 3 is 2.35 bits per heavy atom. The van der Waals surface area contributed by atoms with Crippen molar-refractivity contribution < 1.29 is 14.6 Å². The van der Waals surface area contributed by atoms with Gasteiger partial charge >= 0.3 is 6.09 Å². The number of nitrogens with zero attached hydrogens (tertiary/aromatic N) is 1. The third-order valence-electron chi connectivity index (χ3n) is 5.01. The van der Waals surface area contributed by atoms with Crippen LogP contribution in [0.5, 0.6) is 5.75 Å². The number of hydrogen-bond acceptors (Lipinski definition) is 3. The quantitative estimate of drug-likeness (QED) is 0.439. The van der Waals surface area contributed by atoms with Crippen molar-refractivity contribution in [2.75, 3.05) is 6.61 Å². The number of carboxylic acid groups (broad SMARTS) is 1. The summed E-state index contributed by atoms with van der Waals surface area (Å²) >= 11 is 3.51.